The highest BCUT2D eigenvalue weighted by molar-refractivity contribution is 6.22. The Hall–Kier alpha value is -6.22. The minimum Gasteiger partial charge on any atom is -0.486 e. The summed E-state index contributed by atoms with van der Waals surface area (Å²) in [6.07, 6.45) is 0.411. The van der Waals surface area contributed by atoms with E-state index in [1.54, 1.807) is 12.1 Å². The van der Waals surface area contributed by atoms with Crippen LogP contribution in [0, 0.1) is 5.92 Å². The number of ketones is 1. The van der Waals surface area contributed by atoms with Crippen molar-refractivity contribution in [3.63, 3.8) is 0 Å². The summed E-state index contributed by atoms with van der Waals surface area (Å²) in [5, 5.41) is 3.85. The van der Waals surface area contributed by atoms with E-state index in [2.05, 4.69) is 65.9 Å². The zero-order valence-corrected chi connectivity index (χ0v) is 32.3. The van der Waals surface area contributed by atoms with Crippen molar-refractivity contribution in [3.05, 3.63) is 145 Å². The summed E-state index contributed by atoms with van der Waals surface area (Å²) < 4.78 is 61.3. The molecule has 8 aromatic rings. The predicted octanol–water partition coefficient (Wildman–Crippen LogP) is 13.4. The molecule has 2 heterocycles. The van der Waals surface area contributed by atoms with Gasteiger partial charge in [-0.2, -0.15) is 8.78 Å². The van der Waals surface area contributed by atoms with Crippen molar-refractivity contribution in [1.29, 1.82) is 0 Å². The minimum absolute atomic E-state index is 0.00451. The number of nitrogens with zero attached hydrogens (tertiary/aromatic N) is 2. The quantitative estimate of drug-likeness (QED) is 0.0832. The number of hydrogen-bond acceptors (Lipinski definition) is 3. The monoisotopic (exact) mass is 781 g/mol. The van der Waals surface area contributed by atoms with Crippen LogP contribution < -0.4 is 4.74 Å². The Balaban J connectivity index is 1.34. The third-order valence-electron chi connectivity index (χ3n) is 11.0. The second-order valence-electron chi connectivity index (χ2n) is 14.8. The smallest absolute Gasteiger partial charge is 0.340 e. The van der Waals surface area contributed by atoms with Crippen molar-refractivity contribution in [2.45, 2.75) is 58.4 Å². The average Bonchev–Trinajstić information content (AvgIpc) is 3.84. The van der Waals surface area contributed by atoms with E-state index in [0.717, 1.165) is 92.9 Å². The van der Waals surface area contributed by atoms with Crippen LogP contribution in [0.4, 0.5) is 17.6 Å². The molecule has 8 rings (SSSR count). The van der Waals surface area contributed by atoms with Crippen LogP contribution in [0.25, 0.3) is 66.5 Å². The van der Waals surface area contributed by atoms with Crippen LogP contribution in [-0.4, -0.2) is 39.3 Å². The van der Waals surface area contributed by atoms with Gasteiger partial charge in [-0.15, -0.1) is 0 Å². The van der Waals surface area contributed by atoms with Gasteiger partial charge in [0.15, 0.2) is 12.4 Å². The van der Waals surface area contributed by atoms with Gasteiger partial charge >= 0.3 is 12.3 Å². The Morgan fingerprint density at radius 2 is 1.45 bits per heavy atom. The zero-order chi connectivity index (χ0) is 40.4. The van der Waals surface area contributed by atoms with Crippen LogP contribution in [0.1, 0.15) is 55.5 Å². The Morgan fingerprint density at radius 1 is 0.776 bits per heavy atom. The molecule has 0 radical (unpaired) electrons. The molecule has 58 heavy (non-hydrogen) atoms. The van der Waals surface area contributed by atoms with Crippen molar-refractivity contribution >= 4 is 38.4 Å². The number of aromatic amines is 1. The molecule has 0 amide bonds. The maximum Gasteiger partial charge on any atom is 0.340 e. The molecule has 2 aromatic heterocycles. The molecule has 0 aliphatic rings. The maximum atomic E-state index is 14.2. The molecular weight excluding hydrogens is 739 g/mol. The molecular formula is C49H43F4N3O2. The second-order valence-corrected chi connectivity index (χ2v) is 14.8. The van der Waals surface area contributed by atoms with Crippen molar-refractivity contribution < 1.29 is 27.1 Å². The highest BCUT2D eigenvalue weighted by atomic mass is 19.3. The summed E-state index contributed by atoms with van der Waals surface area (Å²) in [5.41, 5.74) is 6.93. The van der Waals surface area contributed by atoms with E-state index >= 15 is 0 Å². The van der Waals surface area contributed by atoms with Crippen molar-refractivity contribution in [2.75, 3.05) is 6.61 Å². The highest BCUT2D eigenvalue weighted by Gasteiger charge is 2.42. The summed E-state index contributed by atoms with van der Waals surface area (Å²) >= 11 is 0. The molecule has 294 valence electrons. The number of carbonyl (C=O) groups excluding carboxylic acids is 1. The first-order valence-corrected chi connectivity index (χ1v) is 19.8. The molecule has 0 aliphatic heterocycles. The minimum atomic E-state index is -4.37. The SMILES string of the molecule is CCCCC(CC)Cn1c2ccc(C(=O)c3ccccc3OCC(F)(F)C(F)F)cc2c2cc(-c3nc(-c4ccccc4)c(-c4ccccc4)[nH]3)c3ccccc3c21. The number of rotatable bonds is 15. The first-order chi connectivity index (χ1) is 28.2. The lowest BCUT2D eigenvalue weighted by Gasteiger charge is -2.18. The fraction of sp³-hybridized carbons (Fsp3) is 0.224. The van der Waals surface area contributed by atoms with Crippen LogP contribution in [0.15, 0.2) is 133 Å². The van der Waals surface area contributed by atoms with Crippen molar-refractivity contribution in [3.8, 4) is 39.7 Å². The summed E-state index contributed by atoms with van der Waals surface area (Å²) in [4.78, 5) is 23.2. The zero-order valence-electron chi connectivity index (χ0n) is 32.3. The Morgan fingerprint density at radius 3 is 2.16 bits per heavy atom. The summed E-state index contributed by atoms with van der Waals surface area (Å²) in [6, 6.07) is 42.2. The number of nitrogens with one attached hydrogen (secondary N) is 1. The standard InChI is InChI=1S/C49H43F4N3O2/c1-3-5-16-31(4-2)29-56-41-26-25-34(46(57)37-23-14-15-24-42(37)58-30-49(52,53)48(50)51)27-38(41)39-28-40(35-21-12-13-22-36(35)45(39)56)47-54-43(32-17-8-6-9-18-32)44(55-47)33-19-10-7-11-20-33/h6-15,17-28,31,48H,3-5,16,29-30H2,1-2H3,(H,54,55). The van der Waals surface area contributed by atoms with Crippen molar-refractivity contribution in [1.82, 2.24) is 14.5 Å². The number of carbonyl (C=O) groups is 1. The summed E-state index contributed by atoms with van der Waals surface area (Å²) in [6.45, 7) is 3.65. The van der Waals surface area contributed by atoms with Crippen LogP contribution in [-0.2, 0) is 6.54 Å². The molecule has 0 saturated carbocycles. The first kappa shape index (κ1) is 38.6. The molecule has 0 fully saturated rings. The van der Waals surface area contributed by atoms with Gasteiger partial charge in [-0.3, -0.25) is 4.79 Å². The molecule has 1 N–H and O–H groups in total. The van der Waals surface area contributed by atoms with Gasteiger partial charge < -0.3 is 14.3 Å². The number of aromatic nitrogens is 3. The van der Waals surface area contributed by atoms with E-state index in [1.165, 1.54) is 18.2 Å². The summed E-state index contributed by atoms with van der Waals surface area (Å²) in [7, 11) is 0. The third-order valence-corrected chi connectivity index (χ3v) is 11.0. The fourth-order valence-electron chi connectivity index (χ4n) is 7.96. The molecule has 0 saturated heterocycles. The molecule has 0 spiro atoms. The molecule has 6 aromatic carbocycles. The van der Waals surface area contributed by atoms with E-state index in [-0.39, 0.29) is 11.3 Å². The molecule has 0 aliphatic carbocycles. The van der Waals surface area contributed by atoms with Gasteiger partial charge in [0, 0.05) is 50.5 Å². The van der Waals surface area contributed by atoms with E-state index in [9.17, 15) is 22.4 Å². The van der Waals surface area contributed by atoms with Crippen LogP contribution in [0.5, 0.6) is 5.75 Å². The van der Waals surface area contributed by atoms with E-state index < -0.39 is 24.7 Å². The van der Waals surface area contributed by atoms with Crippen LogP contribution in [0.2, 0.25) is 0 Å². The van der Waals surface area contributed by atoms with Gasteiger partial charge in [-0.05, 0) is 54.1 Å². The van der Waals surface area contributed by atoms with Gasteiger partial charge in [-0.25, -0.2) is 13.8 Å². The number of ether oxygens (including phenoxy) is 1. The lowest BCUT2D eigenvalue weighted by Crippen LogP contribution is -2.34. The Labute approximate surface area is 334 Å². The van der Waals surface area contributed by atoms with Gasteiger partial charge in [0.25, 0.3) is 0 Å². The number of H-pyrrole nitrogens is 1. The number of alkyl halides is 4. The fourth-order valence-corrected chi connectivity index (χ4v) is 7.96. The summed E-state index contributed by atoms with van der Waals surface area (Å²) in [5.74, 6) is -3.92. The number of halogens is 4. The predicted molar refractivity (Wildman–Crippen MR) is 225 cm³/mol. The lowest BCUT2D eigenvalue weighted by molar-refractivity contribution is -0.148. The topological polar surface area (TPSA) is 59.9 Å². The highest BCUT2D eigenvalue weighted by Crippen LogP contribution is 2.42. The van der Waals surface area contributed by atoms with Crippen LogP contribution in [0.3, 0.4) is 0 Å². The van der Waals surface area contributed by atoms with Gasteiger partial charge in [0.2, 0.25) is 0 Å². The molecule has 1 unspecified atom stereocenters. The van der Waals surface area contributed by atoms with E-state index in [0.29, 0.717) is 17.3 Å². The van der Waals surface area contributed by atoms with Crippen molar-refractivity contribution in [2.24, 2.45) is 5.92 Å². The molecule has 0 bridgehead atoms. The number of benzene rings is 6. The maximum absolute atomic E-state index is 14.2. The number of para-hydroxylation sites is 1. The molecule has 5 nitrogen and oxygen atoms in total. The Bertz CT molecular complexity index is 2670. The Kier molecular flexibility index (Phi) is 10.9. The first-order valence-electron chi connectivity index (χ1n) is 19.8. The number of imidazole rings is 1. The number of hydrogen-bond donors (Lipinski definition) is 1. The molecule has 9 heteroatoms. The number of fused-ring (bicyclic) bond motifs is 5. The van der Waals surface area contributed by atoms with Gasteiger partial charge in [0.05, 0.1) is 22.5 Å². The van der Waals surface area contributed by atoms with Crippen LogP contribution >= 0.6 is 0 Å². The normalized spacial score (nSPS) is 12.5. The third kappa shape index (κ3) is 7.37. The largest absolute Gasteiger partial charge is 0.486 e. The van der Waals surface area contributed by atoms with Gasteiger partial charge in [0.1, 0.15) is 11.6 Å². The van der Waals surface area contributed by atoms with E-state index in [4.69, 9.17) is 9.72 Å². The van der Waals surface area contributed by atoms with E-state index in [1.807, 2.05) is 60.7 Å². The number of unbranched alkanes of at least 4 members (excludes halogenated alkanes) is 1. The lowest BCUT2D eigenvalue weighted by atomic mass is 9.97. The second kappa shape index (κ2) is 16.3. The average molecular weight is 782 g/mol. The van der Waals surface area contributed by atoms with Gasteiger partial charge in [-0.1, -0.05) is 130 Å². The molecule has 1 atom stereocenters.